The molecule has 1 saturated heterocycles. The maximum absolute atomic E-state index is 12.9. The van der Waals surface area contributed by atoms with E-state index in [0.29, 0.717) is 13.2 Å². The van der Waals surface area contributed by atoms with Gasteiger partial charge in [0.1, 0.15) is 5.75 Å². The molecule has 0 saturated carbocycles. The number of anilines is 2. The number of benzene rings is 3. The molecule has 5 nitrogen and oxygen atoms in total. The van der Waals surface area contributed by atoms with Crippen LogP contribution in [-0.4, -0.2) is 43.6 Å². The summed E-state index contributed by atoms with van der Waals surface area (Å²) in [5.74, 6) is 1.000. The predicted molar refractivity (Wildman–Crippen MR) is 126 cm³/mol. The van der Waals surface area contributed by atoms with Crippen molar-refractivity contribution in [3.8, 4) is 5.75 Å². The summed E-state index contributed by atoms with van der Waals surface area (Å²) in [7, 11) is 0. The van der Waals surface area contributed by atoms with Gasteiger partial charge in [0, 0.05) is 55.2 Å². The summed E-state index contributed by atoms with van der Waals surface area (Å²) in [4.78, 5) is 17.2. The number of ether oxygens (including phenoxy) is 1. The highest BCUT2D eigenvalue weighted by molar-refractivity contribution is 5.94. The number of carbonyl (C=O) groups excluding carboxylic acids is 1. The summed E-state index contributed by atoms with van der Waals surface area (Å²) in [6, 6.07) is 26.2. The number of rotatable bonds is 7. The Hall–Kier alpha value is -3.47. The molecule has 0 aliphatic carbocycles. The third-order valence-electron chi connectivity index (χ3n) is 5.58. The van der Waals surface area contributed by atoms with Crippen LogP contribution in [0.4, 0.5) is 11.4 Å². The van der Waals surface area contributed by atoms with Gasteiger partial charge in [0.2, 0.25) is 0 Å². The molecule has 1 amide bonds. The summed E-state index contributed by atoms with van der Waals surface area (Å²) in [5, 5.41) is 3.42. The first-order valence-electron chi connectivity index (χ1n) is 10.9. The lowest BCUT2D eigenvalue weighted by atomic mass is 10.1. The Labute approximate surface area is 184 Å². The van der Waals surface area contributed by atoms with Gasteiger partial charge in [-0.05, 0) is 49.4 Å². The van der Waals surface area contributed by atoms with Crippen LogP contribution in [0.5, 0.6) is 5.75 Å². The first-order valence-corrected chi connectivity index (χ1v) is 10.9. The van der Waals surface area contributed by atoms with Gasteiger partial charge in [-0.25, -0.2) is 0 Å². The number of nitrogens with one attached hydrogen (secondary N) is 1. The van der Waals surface area contributed by atoms with Crippen LogP contribution in [-0.2, 0) is 6.54 Å². The number of hydrogen-bond donors (Lipinski definition) is 1. The molecule has 1 fully saturated rings. The zero-order valence-electron chi connectivity index (χ0n) is 18.0. The van der Waals surface area contributed by atoms with Crippen LogP contribution in [0.1, 0.15) is 22.8 Å². The molecular weight excluding hydrogens is 386 g/mol. The monoisotopic (exact) mass is 415 g/mol. The fourth-order valence-electron chi connectivity index (χ4n) is 3.86. The number of para-hydroxylation sites is 2. The SMILES string of the molecule is CCOc1ccccc1CNc1ccc(C(=O)N2CCN(c3ccccc3)CC2)cc1. The Morgan fingerprint density at radius 3 is 2.26 bits per heavy atom. The average Bonchev–Trinajstić information content (AvgIpc) is 2.84. The van der Waals surface area contributed by atoms with E-state index in [2.05, 4.69) is 40.5 Å². The molecule has 3 aromatic carbocycles. The van der Waals surface area contributed by atoms with Crippen molar-refractivity contribution in [1.29, 1.82) is 0 Å². The molecule has 4 rings (SSSR count). The number of piperazine rings is 1. The van der Waals surface area contributed by atoms with Crippen LogP contribution in [0.15, 0.2) is 78.9 Å². The van der Waals surface area contributed by atoms with Crippen LogP contribution >= 0.6 is 0 Å². The lowest BCUT2D eigenvalue weighted by Crippen LogP contribution is -2.48. The summed E-state index contributed by atoms with van der Waals surface area (Å²) in [5.41, 5.74) is 4.04. The van der Waals surface area contributed by atoms with Crippen molar-refractivity contribution in [2.45, 2.75) is 13.5 Å². The fraction of sp³-hybridized carbons (Fsp3) is 0.269. The highest BCUT2D eigenvalue weighted by Gasteiger charge is 2.22. The summed E-state index contributed by atoms with van der Waals surface area (Å²) in [6.07, 6.45) is 0. The normalized spacial score (nSPS) is 13.7. The zero-order valence-corrected chi connectivity index (χ0v) is 18.0. The lowest BCUT2D eigenvalue weighted by molar-refractivity contribution is 0.0747. The number of nitrogens with zero attached hydrogens (tertiary/aromatic N) is 2. The van der Waals surface area contributed by atoms with Gasteiger partial charge >= 0.3 is 0 Å². The van der Waals surface area contributed by atoms with Gasteiger partial charge in [0.05, 0.1) is 6.61 Å². The van der Waals surface area contributed by atoms with Crippen molar-refractivity contribution in [3.05, 3.63) is 90.0 Å². The maximum atomic E-state index is 12.9. The van der Waals surface area contributed by atoms with Crippen LogP contribution in [0.25, 0.3) is 0 Å². The van der Waals surface area contributed by atoms with E-state index in [1.165, 1.54) is 5.69 Å². The van der Waals surface area contributed by atoms with E-state index >= 15 is 0 Å². The van der Waals surface area contributed by atoms with E-state index in [4.69, 9.17) is 4.74 Å². The Kier molecular flexibility index (Phi) is 6.72. The van der Waals surface area contributed by atoms with E-state index in [1.54, 1.807) is 0 Å². The molecule has 1 aliphatic rings. The van der Waals surface area contributed by atoms with Crippen molar-refractivity contribution in [3.63, 3.8) is 0 Å². The predicted octanol–water partition coefficient (Wildman–Crippen LogP) is 4.66. The van der Waals surface area contributed by atoms with Gasteiger partial charge < -0.3 is 19.9 Å². The zero-order chi connectivity index (χ0) is 21.5. The van der Waals surface area contributed by atoms with E-state index in [-0.39, 0.29) is 5.91 Å². The molecule has 0 unspecified atom stereocenters. The minimum absolute atomic E-state index is 0.0981. The molecule has 160 valence electrons. The molecule has 0 atom stereocenters. The van der Waals surface area contributed by atoms with Crippen LogP contribution in [0, 0.1) is 0 Å². The van der Waals surface area contributed by atoms with Crippen molar-refractivity contribution < 1.29 is 9.53 Å². The van der Waals surface area contributed by atoms with Gasteiger partial charge in [0.15, 0.2) is 0 Å². The highest BCUT2D eigenvalue weighted by Crippen LogP contribution is 2.21. The lowest BCUT2D eigenvalue weighted by Gasteiger charge is -2.36. The van der Waals surface area contributed by atoms with E-state index in [1.807, 2.05) is 60.4 Å². The Morgan fingerprint density at radius 1 is 0.871 bits per heavy atom. The molecule has 0 spiro atoms. The summed E-state index contributed by atoms with van der Waals surface area (Å²) < 4.78 is 5.69. The molecule has 5 heteroatoms. The first-order chi connectivity index (χ1) is 15.2. The van der Waals surface area contributed by atoms with Gasteiger partial charge in [0.25, 0.3) is 5.91 Å². The minimum atomic E-state index is 0.0981. The third-order valence-corrected chi connectivity index (χ3v) is 5.58. The Balaban J connectivity index is 1.32. The highest BCUT2D eigenvalue weighted by atomic mass is 16.5. The Morgan fingerprint density at radius 2 is 1.55 bits per heavy atom. The van der Waals surface area contributed by atoms with Gasteiger partial charge in [-0.15, -0.1) is 0 Å². The molecule has 1 aliphatic heterocycles. The first kappa shape index (κ1) is 20.8. The fourth-order valence-corrected chi connectivity index (χ4v) is 3.86. The molecule has 1 heterocycles. The number of carbonyl (C=O) groups is 1. The third kappa shape index (κ3) is 5.18. The largest absolute Gasteiger partial charge is 0.494 e. The van der Waals surface area contributed by atoms with E-state index in [0.717, 1.165) is 48.7 Å². The molecule has 0 aromatic heterocycles. The summed E-state index contributed by atoms with van der Waals surface area (Å²) in [6.45, 7) is 6.49. The molecule has 31 heavy (non-hydrogen) atoms. The van der Waals surface area contributed by atoms with Gasteiger partial charge in [-0.2, -0.15) is 0 Å². The van der Waals surface area contributed by atoms with Crippen molar-refractivity contribution >= 4 is 17.3 Å². The maximum Gasteiger partial charge on any atom is 0.253 e. The van der Waals surface area contributed by atoms with E-state index < -0.39 is 0 Å². The van der Waals surface area contributed by atoms with Gasteiger partial charge in [-0.1, -0.05) is 36.4 Å². The topological polar surface area (TPSA) is 44.8 Å². The molecule has 0 radical (unpaired) electrons. The Bertz CT molecular complexity index is 981. The molecule has 0 bridgehead atoms. The second kappa shape index (κ2) is 10.0. The minimum Gasteiger partial charge on any atom is -0.494 e. The molecule has 1 N–H and O–H groups in total. The van der Waals surface area contributed by atoms with Crippen molar-refractivity contribution in [1.82, 2.24) is 4.90 Å². The second-order valence-electron chi connectivity index (χ2n) is 7.59. The van der Waals surface area contributed by atoms with Crippen molar-refractivity contribution in [2.24, 2.45) is 0 Å². The average molecular weight is 416 g/mol. The standard InChI is InChI=1S/C26H29N3O2/c1-2-31-25-11-7-6-8-22(25)20-27-23-14-12-21(13-15-23)26(30)29-18-16-28(17-19-29)24-9-4-3-5-10-24/h3-15,27H,2,16-20H2,1H3. The quantitative estimate of drug-likeness (QED) is 0.610. The van der Waals surface area contributed by atoms with Crippen molar-refractivity contribution in [2.75, 3.05) is 43.0 Å². The van der Waals surface area contributed by atoms with Gasteiger partial charge in [-0.3, -0.25) is 4.79 Å². The molecular formula is C26H29N3O2. The summed E-state index contributed by atoms with van der Waals surface area (Å²) >= 11 is 0. The van der Waals surface area contributed by atoms with Crippen LogP contribution in [0.3, 0.4) is 0 Å². The molecule has 3 aromatic rings. The van der Waals surface area contributed by atoms with Crippen LogP contribution in [0.2, 0.25) is 0 Å². The van der Waals surface area contributed by atoms with Crippen LogP contribution < -0.4 is 15.0 Å². The van der Waals surface area contributed by atoms with E-state index in [9.17, 15) is 4.79 Å². The number of hydrogen-bond acceptors (Lipinski definition) is 4. The second-order valence-corrected chi connectivity index (χ2v) is 7.59. The number of amides is 1. The smallest absolute Gasteiger partial charge is 0.253 e.